The lowest BCUT2D eigenvalue weighted by Gasteiger charge is -2.33. The van der Waals surface area contributed by atoms with Crippen molar-refractivity contribution < 1.29 is 13.2 Å². The van der Waals surface area contributed by atoms with Gasteiger partial charge in [-0.25, -0.2) is 8.42 Å². The van der Waals surface area contributed by atoms with Gasteiger partial charge in [0.25, 0.3) is 5.91 Å². The van der Waals surface area contributed by atoms with E-state index in [4.69, 9.17) is 0 Å². The maximum Gasteiger partial charge on any atom is 0.253 e. The summed E-state index contributed by atoms with van der Waals surface area (Å²) in [6.07, 6.45) is 7.04. The number of anilines is 1. The van der Waals surface area contributed by atoms with Gasteiger partial charge in [-0.2, -0.15) is 4.31 Å². The lowest BCUT2D eigenvalue weighted by molar-refractivity contribution is 0.0740. The molecule has 0 N–H and O–H groups in total. The van der Waals surface area contributed by atoms with Crippen LogP contribution in [0.15, 0.2) is 23.1 Å². The summed E-state index contributed by atoms with van der Waals surface area (Å²) in [5.41, 5.74) is 1.20. The Morgan fingerprint density at radius 3 is 2.21 bits per heavy atom. The van der Waals surface area contributed by atoms with E-state index < -0.39 is 10.0 Å². The van der Waals surface area contributed by atoms with E-state index in [1.165, 1.54) is 6.42 Å². The van der Waals surface area contributed by atoms with E-state index in [1.807, 2.05) is 19.9 Å². The van der Waals surface area contributed by atoms with Crippen LogP contribution in [-0.2, 0) is 10.0 Å². The highest BCUT2D eigenvalue weighted by molar-refractivity contribution is 7.89. The van der Waals surface area contributed by atoms with Crippen LogP contribution in [0.25, 0.3) is 0 Å². The highest BCUT2D eigenvalue weighted by atomic mass is 32.2. The first-order valence-electron chi connectivity index (χ1n) is 11.0. The third-order valence-corrected chi connectivity index (χ3v) is 8.34. The molecule has 2 fully saturated rings. The Morgan fingerprint density at radius 1 is 1.03 bits per heavy atom. The van der Waals surface area contributed by atoms with Gasteiger partial charge in [0, 0.05) is 44.8 Å². The molecule has 3 rings (SSSR count). The molecule has 0 bridgehead atoms. The molecule has 2 aliphatic rings. The SMILES string of the molecule is CCC(C)N(C)C(=O)c1ccc(N2CCCCC2)c(S(=O)(=O)N2CCCCC2)c1. The number of hydrogen-bond acceptors (Lipinski definition) is 4. The minimum Gasteiger partial charge on any atom is -0.370 e. The molecule has 1 unspecified atom stereocenters. The molecule has 7 heteroatoms. The molecule has 0 aliphatic carbocycles. The van der Waals surface area contributed by atoms with Crippen LogP contribution in [0.1, 0.15) is 69.2 Å². The van der Waals surface area contributed by atoms with E-state index in [9.17, 15) is 13.2 Å². The van der Waals surface area contributed by atoms with Gasteiger partial charge in [0.1, 0.15) is 4.90 Å². The van der Waals surface area contributed by atoms with Crippen LogP contribution in [-0.4, -0.2) is 62.8 Å². The third-order valence-electron chi connectivity index (χ3n) is 6.41. The lowest BCUT2D eigenvalue weighted by atomic mass is 10.1. The second-order valence-corrected chi connectivity index (χ2v) is 10.3. The summed E-state index contributed by atoms with van der Waals surface area (Å²) in [4.78, 5) is 17.2. The number of carbonyl (C=O) groups is 1. The minimum atomic E-state index is -3.63. The molecule has 2 aliphatic heterocycles. The topological polar surface area (TPSA) is 60.9 Å². The minimum absolute atomic E-state index is 0.103. The standard InChI is InChI=1S/C22H35N3O3S/c1-4-18(2)23(3)22(26)19-11-12-20(24-13-7-5-8-14-24)21(17-19)29(27,28)25-15-9-6-10-16-25/h11-12,17-18H,4-10,13-16H2,1-3H3. The number of nitrogens with zero attached hydrogens (tertiary/aromatic N) is 3. The van der Waals surface area contributed by atoms with Gasteiger partial charge in [-0.15, -0.1) is 0 Å². The zero-order valence-electron chi connectivity index (χ0n) is 18.1. The van der Waals surface area contributed by atoms with Crippen molar-refractivity contribution in [2.24, 2.45) is 0 Å². The Balaban J connectivity index is 2.02. The van der Waals surface area contributed by atoms with Crippen molar-refractivity contribution in [3.8, 4) is 0 Å². The number of carbonyl (C=O) groups excluding carboxylic acids is 1. The smallest absolute Gasteiger partial charge is 0.253 e. The molecule has 1 atom stereocenters. The van der Waals surface area contributed by atoms with Gasteiger partial charge in [-0.05, 0) is 63.6 Å². The van der Waals surface area contributed by atoms with Gasteiger partial charge >= 0.3 is 0 Å². The van der Waals surface area contributed by atoms with E-state index >= 15 is 0 Å². The number of benzene rings is 1. The summed E-state index contributed by atoms with van der Waals surface area (Å²) in [5.74, 6) is -0.125. The first kappa shape index (κ1) is 22.1. The molecule has 0 spiro atoms. The zero-order chi connectivity index (χ0) is 21.0. The van der Waals surface area contributed by atoms with Gasteiger partial charge in [0.2, 0.25) is 10.0 Å². The summed E-state index contributed by atoms with van der Waals surface area (Å²) >= 11 is 0. The van der Waals surface area contributed by atoms with Gasteiger partial charge < -0.3 is 9.80 Å². The summed E-state index contributed by atoms with van der Waals surface area (Å²) in [7, 11) is -1.84. The van der Waals surface area contributed by atoms with Gasteiger partial charge in [-0.3, -0.25) is 4.79 Å². The van der Waals surface area contributed by atoms with Crippen molar-refractivity contribution >= 4 is 21.6 Å². The maximum atomic E-state index is 13.6. The van der Waals surface area contributed by atoms with Crippen molar-refractivity contribution in [3.63, 3.8) is 0 Å². The molecule has 6 nitrogen and oxygen atoms in total. The van der Waals surface area contributed by atoms with Crippen molar-refractivity contribution in [3.05, 3.63) is 23.8 Å². The van der Waals surface area contributed by atoms with E-state index in [-0.39, 0.29) is 11.9 Å². The first-order chi connectivity index (χ1) is 13.9. The molecule has 162 valence electrons. The largest absolute Gasteiger partial charge is 0.370 e. The molecule has 0 aromatic heterocycles. The first-order valence-corrected chi connectivity index (χ1v) is 12.5. The summed E-state index contributed by atoms with van der Waals surface area (Å²) in [5, 5.41) is 0. The Bertz CT molecular complexity index is 813. The molecule has 0 saturated carbocycles. The highest BCUT2D eigenvalue weighted by Crippen LogP contribution is 2.32. The zero-order valence-corrected chi connectivity index (χ0v) is 18.9. The predicted octanol–water partition coefficient (Wildman–Crippen LogP) is 3.72. The number of piperidine rings is 2. The second-order valence-electron chi connectivity index (χ2n) is 8.37. The Morgan fingerprint density at radius 2 is 1.62 bits per heavy atom. The fourth-order valence-corrected chi connectivity index (χ4v) is 5.93. The van der Waals surface area contributed by atoms with Crippen molar-refractivity contribution in [2.75, 3.05) is 38.1 Å². The predicted molar refractivity (Wildman–Crippen MR) is 117 cm³/mol. The molecule has 2 saturated heterocycles. The van der Waals surface area contributed by atoms with Gasteiger partial charge in [-0.1, -0.05) is 13.3 Å². The van der Waals surface area contributed by atoms with Crippen LogP contribution in [0.5, 0.6) is 0 Å². The fraction of sp³-hybridized carbons (Fsp3) is 0.682. The van der Waals surface area contributed by atoms with E-state index in [2.05, 4.69) is 4.90 Å². The van der Waals surface area contributed by atoms with Gasteiger partial charge in [0.15, 0.2) is 0 Å². The van der Waals surface area contributed by atoms with Crippen LogP contribution in [0.4, 0.5) is 5.69 Å². The Kier molecular flexibility index (Phi) is 7.22. The van der Waals surface area contributed by atoms with Crippen molar-refractivity contribution in [2.45, 2.75) is 69.7 Å². The molecule has 0 radical (unpaired) electrons. The number of rotatable bonds is 6. The average Bonchev–Trinajstić information content (AvgIpc) is 2.78. The quantitative estimate of drug-likeness (QED) is 0.702. The molecule has 1 amide bonds. The molecule has 29 heavy (non-hydrogen) atoms. The van der Waals surface area contributed by atoms with Crippen LogP contribution in [0, 0.1) is 0 Å². The number of hydrogen-bond donors (Lipinski definition) is 0. The average molecular weight is 422 g/mol. The van der Waals surface area contributed by atoms with E-state index in [0.717, 1.165) is 57.3 Å². The molecule has 2 heterocycles. The molecular weight excluding hydrogens is 386 g/mol. The summed E-state index contributed by atoms with van der Waals surface area (Å²) in [6.45, 7) is 6.90. The van der Waals surface area contributed by atoms with Crippen molar-refractivity contribution in [1.29, 1.82) is 0 Å². The maximum absolute atomic E-state index is 13.6. The normalized spacial score (nSPS) is 19.8. The lowest BCUT2D eigenvalue weighted by Crippen LogP contribution is -2.38. The summed E-state index contributed by atoms with van der Waals surface area (Å²) < 4.78 is 28.7. The number of sulfonamides is 1. The van der Waals surface area contributed by atoms with Crippen molar-refractivity contribution in [1.82, 2.24) is 9.21 Å². The van der Waals surface area contributed by atoms with Crippen LogP contribution in [0.3, 0.4) is 0 Å². The summed E-state index contributed by atoms with van der Waals surface area (Å²) in [6, 6.07) is 5.36. The molecular formula is C22H35N3O3S. The van der Waals surface area contributed by atoms with Crippen LogP contribution < -0.4 is 4.90 Å². The third kappa shape index (κ3) is 4.77. The second kappa shape index (κ2) is 9.47. The van der Waals surface area contributed by atoms with Gasteiger partial charge in [0.05, 0.1) is 5.69 Å². The molecule has 1 aromatic rings. The molecule has 1 aromatic carbocycles. The fourth-order valence-electron chi connectivity index (χ4n) is 4.17. The highest BCUT2D eigenvalue weighted by Gasteiger charge is 2.31. The van der Waals surface area contributed by atoms with E-state index in [0.29, 0.717) is 23.5 Å². The Labute approximate surface area is 175 Å². The Hall–Kier alpha value is -1.60. The van der Waals surface area contributed by atoms with E-state index in [1.54, 1.807) is 28.4 Å². The van der Waals surface area contributed by atoms with Crippen LogP contribution >= 0.6 is 0 Å². The monoisotopic (exact) mass is 421 g/mol. The van der Waals surface area contributed by atoms with Crippen LogP contribution in [0.2, 0.25) is 0 Å². The number of amides is 1.